The maximum Gasteiger partial charge on any atom is 0.262 e. The summed E-state index contributed by atoms with van der Waals surface area (Å²) < 4.78 is 28.5. The number of anilines is 2. The van der Waals surface area contributed by atoms with E-state index < -0.39 is 10.0 Å². The van der Waals surface area contributed by atoms with E-state index in [9.17, 15) is 8.42 Å². The van der Waals surface area contributed by atoms with E-state index >= 15 is 0 Å². The van der Waals surface area contributed by atoms with Crippen LogP contribution in [0.4, 0.5) is 11.6 Å². The van der Waals surface area contributed by atoms with Gasteiger partial charge >= 0.3 is 0 Å². The molecule has 0 radical (unpaired) electrons. The van der Waals surface area contributed by atoms with E-state index in [0.29, 0.717) is 26.2 Å². The molecule has 0 spiro atoms. The van der Waals surface area contributed by atoms with Crippen LogP contribution in [0.2, 0.25) is 0 Å². The Morgan fingerprint density at radius 3 is 1.89 bits per heavy atom. The highest BCUT2D eigenvalue weighted by atomic mass is 32.2. The Morgan fingerprint density at radius 2 is 1.39 bits per heavy atom. The molecule has 0 unspecified atom stereocenters. The number of imidazole rings is 1. The number of aryl methyl sites for hydroxylation is 1. The second kappa shape index (κ2) is 8.04. The topological polar surface area (TPSA) is 87.5 Å². The van der Waals surface area contributed by atoms with Crippen molar-refractivity contribution in [1.82, 2.24) is 24.1 Å². The minimum Gasteiger partial charge on any atom is -0.355 e. The molecule has 0 bridgehead atoms. The van der Waals surface area contributed by atoms with Crippen LogP contribution < -0.4 is 9.80 Å². The monoisotopic (exact) mass is 405 g/mol. The van der Waals surface area contributed by atoms with Gasteiger partial charge in [0, 0.05) is 52.5 Å². The number of hydrogen-bond acceptors (Lipinski definition) is 7. The van der Waals surface area contributed by atoms with Crippen LogP contribution in [0.15, 0.2) is 29.7 Å². The third-order valence-electron chi connectivity index (χ3n) is 5.41. The number of sulfonamides is 1. The number of piperazine rings is 1. The molecule has 0 N–H and O–H groups in total. The van der Waals surface area contributed by atoms with E-state index in [1.165, 1.54) is 42.5 Å². The van der Waals surface area contributed by atoms with Crippen LogP contribution in [-0.2, 0) is 17.1 Å². The van der Waals surface area contributed by atoms with Gasteiger partial charge in [-0.15, -0.1) is 10.2 Å². The molecule has 2 aliphatic rings. The van der Waals surface area contributed by atoms with Gasteiger partial charge in [-0.2, -0.15) is 4.31 Å². The molecule has 2 aromatic heterocycles. The van der Waals surface area contributed by atoms with Crippen LogP contribution in [0.25, 0.3) is 0 Å². The van der Waals surface area contributed by atoms with Gasteiger partial charge < -0.3 is 14.4 Å². The smallest absolute Gasteiger partial charge is 0.262 e. The number of hydrogen-bond donors (Lipinski definition) is 0. The van der Waals surface area contributed by atoms with Gasteiger partial charge in [0.2, 0.25) is 0 Å². The number of nitrogens with zero attached hydrogens (tertiary/aromatic N) is 7. The van der Waals surface area contributed by atoms with Crippen molar-refractivity contribution in [2.24, 2.45) is 7.05 Å². The molecule has 28 heavy (non-hydrogen) atoms. The molecular formula is C18H27N7O2S. The summed E-state index contributed by atoms with van der Waals surface area (Å²) in [6, 6.07) is 4.03. The van der Waals surface area contributed by atoms with Crippen molar-refractivity contribution >= 4 is 21.7 Å². The van der Waals surface area contributed by atoms with Crippen molar-refractivity contribution in [3.05, 3.63) is 24.7 Å². The average Bonchev–Trinajstić information content (AvgIpc) is 2.99. The second-order valence-electron chi connectivity index (χ2n) is 7.42. The first-order chi connectivity index (χ1) is 13.5. The maximum absolute atomic E-state index is 12.7. The molecule has 2 aliphatic heterocycles. The van der Waals surface area contributed by atoms with Gasteiger partial charge in [0.25, 0.3) is 10.0 Å². The molecule has 152 valence electrons. The zero-order chi connectivity index (χ0) is 19.6. The van der Waals surface area contributed by atoms with Crippen LogP contribution in [0.5, 0.6) is 0 Å². The molecule has 2 saturated heterocycles. The molecular weight excluding hydrogens is 378 g/mol. The SMILES string of the molecule is Cn1cnc(S(=O)(=O)N2CCN(c3ccc(N4CCCCCC4)nn3)CC2)c1. The van der Waals surface area contributed by atoms with Gasteiger partial charge in [0.05, 0.1) is 6.33 Å². The fraction of sp³-hybridized carbons (Fsp3) is 0.611. The summed E-state index contributed by atoms with van der Waals surface area (Å²) in [6.45, 7) is 4.08. The summed E-state index contributed by atoms with van der Waals surface area (Å²) in [5, 5.41) is 8.94. The lowest BCUT2D eigenvalue weighted by atomic mass is 10.2. The third-order valence-corrected chi connectivity index (χ3v) is 7.20. The Morgan fingerprint density at radius 1 is 0.821 bits per heavy atom. The molecule has 0 aromatic carbocycles. The van der Waals surface area contributed by atoms with E-state index in [1.807, 2.05) is 12.1 Å². The Balaban J connectivity index is 1.38. The van der Waals surface area contributed by atoms with Crippen molar-refractivity contribution in [1.29, 1.82) is 0 Å². The fourth-order valence-corrected chi connectivity index (χ4v) is 5.16. The first kappa shape index (κ1) is 19.1. The average molecular weight is 406 g/mol. The van der Waals surface area contributed by atoms with Crippen LogP contribution in [0, 0.1) is 0 Å². The van der Waals surface area contributed by atoms with Gasteiger partial charge in [0.15, 0.2) is 16.7 Å². The predicted molar refractivity (Wildman–Crippen MR) is 107 cm³/mol. The van der Waals surface area contributed by atoms with Gasteiger partial charge in [-0.05, 0) is 25.0 Å². The molecule has 4 heterocycles. The van der Waals surface area contributed by atoms with Crippen molar-refractivity contribution in [3.8, 4) is 0 Å². The highest BCUT2D eigenvalue weighted by Gasteiger charge is 2.30. The lowest BCUT2D eigenvalue weighted by Gasteiger charge is -2.34. The Labute approximate surface area is 166 Å². The number of rotatable bonds is 4. The Bertz CT molecular complexity index is 881. The maximum atomic E-state index is 12.7. The highest BCUT2D eigenvalue weighted by molar-refractivity contribution is 7.89. The van der Waals surface area contributed by atoms with E-state index in [0.717, 1.165) is 24.7 Å². The van der Waals surface area contributed by atoms with E-state index in [4.69, 9.17) is 0 Å². The summed E-state index contributed by atoms with van der Waals surface area (Å²) in [5.74, 6) is 1.73. The van der Waals surface area contributed by atoms with Crippen molar-refractivity contribution in [2.45, 2.75) is 30.7 Å². The van der Waals surface area contributed by atoms with Crippen molar-refractivity contribution in [3.63, 3.8) is 0 Å². The summed E-state index contributed by atoms with van der Waals surface area (Å²) in [6.07, 6.45) is 8.02. The molecule has 9 nitrogen and oxygen atoms in total. The van der Waals surface area contributed by atoms with Crippen molar-refractivity contribution in [2.75, 3.05) is 49.1 Å². The van der Waals surface area contributed by atoms with E-state index in [-0.39, 0.29) is 5.03 Å². The summed E-state index contributed by atoms with van der Waals surface area (Å²) >= 11 is 0. The van der Waals surface area contributed by atoms with Crippen LogP contribution >= 0.6 is 0 Å². The summed E-state index contributed by atoms with van der Waals surface area (Å²) in [7, 11) is -1.78. The largest absolute Gasteiger partial charge is 0.355 e. The molecule has 2 aromatic rings. The van der Waals surface area contributed by atoms with Crippen LogP contribution in [0.1, 0.15) is 25.7 Å². The minimum atomic E-state index is -3.54. The quantitative estimate of drug-likeness (QED) is 0.753. The standard InChI is InChI=1S/C18H27N7O2S/c1-22-14-18(19-15-22)28(26,27)25-12-10-24(11-13-25)17-7-6-16(20-21-17)23-8-4-2-3-5-9-23/h6-7,14-15H,2-5,8-13H2,1H3. The highest BCUT2D eigenvalue weighted by Crippen LogP contribution is 2.21. The molecule has 10 heteroatoms. The summed E-state index contributed by atoms with van der Waals surface area (Å²) in [4.78, 5) is 8.39. The molecule has 0 amide bonds. The van der Waals surface area contributed by atoms with Crippen LogP contribution in [-0.4, -0.2) is 71.7 Å². The molecule has 0 saturated carbocycles. The molecule has 0 aliphatic carbocycles. The van der Waals surface area contributed by atoms with E-state index in [2.05, 4.69) is 25.0 Å². The number of aromatic nitrogens is 4. The van der Waals surface area contributed by atoms with Crippen molar-refractivity contribution < 1.29 is 8.42 Å². The Kier molecular flexibility index (Phi) is 5.49. The fourth-order valence-electron chi connectivity index (χ4n) is 3.77. The van der Waals surface area contributed by atoms with E-state index in [1.54, 1.807) is 11.6 Å². The summed E-state index contributed by atoms with van der Waals surface area (Å²) in [5.41, 5.74) is 0. The first-order valence-corrected chi connectivity index (χ1v) is 11.3. The third kappa shape index (κ3) is 3.97. The first-order valence-electron chi connectivity index (χ1n) is 9.86. The second-order valence-corrected chi connectivity index (χ2v) is 9.30. The zero-order valence-electron chi connectivity index (χ0n) is 16.2. The minimum absolute atomic E-state index is 0.102. The van der Waals surface area contributed by atoms with Gasteiger partial charge in [-0.3, -0.25) is 0 Å². The predicted octanol–water partition coefficient (Wildman–Crippen LogP) is 1.10. The normalized spacial score (nSPS) is 19.6. The van der Waals surface area contributed by atoms with Gasteiger partial charge in [-0.25, -0.2) is 13.4 Å². The zero-order valence-corrected chi connectivity index (χ0v) is 17.1. The molecule has 0 atom stereocenters. The molecule has 4 rings (SSSR count). The lowest BCUT2D eigenvalue weighted by molar-refractivity contribution is 0.382. The van der Waals surface area contributed by atoms with Gasteiger partial charge in [-0.1, -0.05) is 12.8 Å². The lowest BCUT2D eigenvalue weighted by Crippen LogP contribution is -2.49. The van der Waals surface area contributed by atoms with Gasteiger partial charge in [0.1, 0.15) is 0 Å². The van der Waals surface area contributed by atoms with Crippen LogP contribution in [0.3, 0.4) is 0 Å². The Hall–Kier alpha value is -2.20. The molecule has 2 fully saturated rings.